The highest BCUT2D eigenvalue weighted by Gasteiger charge is 2.14. The third-order valence-electron chi connectivity index (χ3n) is 4.40. The van der Waals surface area contributed by atoms with Gasteiger partial charge in [0.2, 0.25) is 0 Å². The first-order valence-electron chi connectivity index (χ1n) is 9.20. The van der Waals surface area contributed by atoms with E-state index in [1.54, 1.807) is 13.2 Å². The molecular formula is C21H29N3O2. The molecule has 1 heterocycles. The van der Waals surface area contributed by atoms with E-state index in [1.807, 2.05) is 19.1 Å². The Hall–Kier alpha value is -2.40. The van der Waals surface area contributed by atoms with Gasteiger partial charge in [0.05, 0.1) is 17.9 Å². The fraction of sp³-hybridized carbons (Fsp3) is 0.429. The van der Waals surface area contributed by atoms with Crippen molar-refractivity contribution in [1.29, 1.82) is 0 Å². The van der Waals surface area contributed by atoms with Gasteiger partial charge < -0.3 is 15.8 Å². The average Bonchev–Trinajstić information content (AvgIpc) is 2.63. The summed E-state index contributed by atoms with van der Waals surface area (Å²) in [4.78, 5) is 16.8. The van der Waals surface area contributed by atoms with Crippen molar-refractivity contribution in [2.24, 2.45) is 0 Å². The number of aryl methyl sites for hydroxylation is 2. The first-order valence-corrected chi connectivity index (χ1v) is 9.20. The number of benzene rings is 1. The van der Waals surface area contributed by atoms with E-state index in [9.17, 15) is 4.79 Å². The van der Waals surface area contributed by atoms with E-state index in [-0.39, 0.29) is 11.7 Å². The molecule has 0 aliphatic heterocycles. The van der Waals surface area contributed by atoms with E-state index in [4.69, 9.17) is 10.5 Å². The molecule has 0 unspecified atom stereocenters. The van der Waals surface area contributed by atoms with E-state index in [0.29, 0.717) is 12.2 Å². The van der Waals surface area contributed by atoms with Gasteiger partial charge in [-0.05, 0) is 49.1 Å². The number of carbonyl (C=O) groups is 1. The van der Waals surface area contributed by atoms with Gasteiger partial charge >= 0.3 is 0 Å². The monoisotopic (exact) mass is 355 g/mol. The van der Waals surface area contributed by atoms with Crippen LogP contribution in [0, 0.1) is 6.92 Å². The van der Waals surface area contributed by atoms with Crippen LogP contribution < -0.4 is 11.1 Å². The molecule has 1 aromatic carbocycles. The molecule has 0 saturated heterocycles. The van der Waals surface area contributed by atoms with Crippen molar-refractivity contribution in [2.45, 2.75) is 52.6 Å². The van der Waals surface area contributed by atoms with Crippen LogP contribution in [0.4, 0.5) is 11.5 Å². The summed E-state index contributed by atoms with van der Waals surface area (Å²) in [6, 6.07) is 9.76. The third kappa shape index (κ3) is 5.56. The topological polar surface area (TPSA) is 77.2 Å². The average molecular weight is 355 g/mol. The second kappa shape index (κ2) is 9.92. The Morgan fingerprint density at radius 3 is 2.58 bits per heavy atom. The number of nitrogens with zero attached hydrogens (tertiary/aromatic N) is 1. The molecule has 2 rings (SSSR count). The number of nitrogen functional groups attached to an aromatic ring is 1. The molecule has 1 aromatic heterocycles. The molecule has 5 nitrogen and oxygen atoms in total. The van der Waals surface area contributed by atoms with Crippen LogP contribution in [-0.2, 0) is 17.8 Å². The Kier molecular flexibility index (Phi) is 7.60. The highest BCUT2D eigenvalue weighted by molar-refractivity contribution is 6.07. The molecule has 0 aliphatic carbocycles. The molecule has 0 bridgehead atoms. The van der Waals surface area contributed by atoms with E-state index in [0.717, 1.165) is 23.4 Å². The van der Waals surface area contributed by atoms with Crippen molar-refractivity contribution < 1.29 is 9.53 Å². The number of hydrogen-bond acceptors (Lipinski definition) is 4. The number of anilines is 2. The number of nitrogens with one attached hydrogen (secondary N) is 1. The van der Waals surface area contributed by atoms with Crippen LogP contribution in [-0.4, -0.2) is 18.0 Å². The molecule has 0 spiro atoms. The zero-order chi connectivity index (χ0) is 18.9. The van der Waals surface area contributed by atoms with Crippen molar-refractivity contribution in [3.8, 4) is 0 Å². The smallest absolute Gasteiger partial charge is 0.259 e. The molecule has 0 fully saturated rings. The minimum absolute atomic E-state index is 0.215. The molecule has 26 heavy (non-hydrogen) atoms. The fourth-order valence-electron chi connectivity index (χ4n) is 2.84. The number of nitrogens with two attached hydrogens (primary N) is 1. The summed E-state index contributed by atoms with van der Waals surface area (Å²) in [7, 11) is 1.60. The second-order valence-corrected chi connectivity index (χ2v) is 6.58. The molecule has 5 heteroatoms. The lowest BCUT2D eigenvalue weighted by molar-refractivity contribution is 0.102. The van der Waals surface area contributed by atoms with Crippen LogP contribution in [0.25, 0.3) is 0 Å². The highest BCUT2D eigenvalue weighted by atomic mass is 16.5. The highest BCUT2D eigenvalue weighted by Crippen LogP contribution is 2.18. The van der Waals surface area contributed by atoms with E-state index in [1.165, 1.54) is 31.2 Å². The van der Waals surface area contributed by atoms with Gasteiger partial charge in [0.1, 0.15) is 5.82 Å². The quantitative estimate of drug-likeness (QED) is 0.650. The van der Waals surface area contributed by atoms with Crippen molar-refractivity contribution >= 4 is 17.4 Å². The molecule has 3 N–H and O–H groups in total. The third-order valence-corrected chi connectivity index (χ3v) is 4.40. The van der Waals surface area contributed by atoms with E-state index < -0.39 is 0 Å². The molecule has 0 atom stereocenters. The van der Waals surface area contributed by atoms with Gasteiger partial charge in [-0.3, -0.25) is 4.79 Å². The minimum Gasteiger partial charge on any atom is -0.383 e. The summed E-state index contributed by atoms with van der Waals surface area (Å²) in [5.74, 6) is -0.0366. The SMILES string of the molecule is CCCCCCc1ccc(NC(=O)c2cc(C)c(COC)nc2N)cc1. The molecule has 1 amide bonds. The maximum absolute atomic E-state index is 12.5. The molecular weight excluding hydrogens is 326 g/mol. The normalized spacial score (nSPS) is 10.7. The largest absolute Gasteiger partial charge is 0.383 e. The van der Waals surface area contributed by atoms with Crippen LogP contribution in [0.2, 0.25) is 0 Å². The summed E-state index contributed by atoms with van der Waals surface area (Å²) < 4.78 is 5.09. The van der Waals surface area contributed by atoms with E-state index >= 15 is 0 Å². The predicted molar refractivity (Wildman–Crippen MR) is 106 cm³/mol. The molecule has 2 aromatic rings. The maximum Gasteiger partial charge on any atom is 0.259 e. The van der Waals surface area contributed by atoms with Crippen molar-refractivity contribution in [3.63, 3.8) is 0 Å². The number of methoxy groups -OCH3 is 1. The van der Waals surface area contributed by atoms with E-state index in [2.05, 4.69) is 29.4 Å². The second-order valence-electron chi connectivity index (χ2n) is 6.58. The summed E-state index contributed by atoms with van der Waals surface area (Å²) in [5, 5.41) is 2.89. The Balaban J connectivity index is 2.00. The number of aromatic nitrogens is 1. The van der Waals surface area contributed by atoms with Crippen LogP contribution in [0.5, 0.6) is 0 Å². The number of amides is 1. The predicted octanol–water partition coefficient (Wildman–Crippen LogP) is 4.49. The Morgan fingerprint density at radius 2 is 1.92 bits per heavy atom. The van der Waals surface area contributed by atoms with Crippen molar-refractivity contribution in [3.05, 3.63) is 52.7 Å². The summed E-state index contributed by atoms with van der Waals surface area (Å²) in [6.45, 7) is 4.48. The van der Waals surface area contributed by atoms with Gasteiger partial charge in [0, 0.05) is 12.8 Å². The molecule has 140 valence electrons. The van der Waals surface area contributed by atoms with Crippen LogP contribution in [0.3, 0.4) is 0 Å². The minimum atomic E-state index is -0.252. The molecule has 0 saturated carbocycles. The van der Waals surface area contributed by atoms with Gasteiger partial charge in [-0.25, -0.2) is 4.98 Å². The molecule has 0 radical (unpaired) electrons. The van der Waals surface area contributed by atoms with Gasteiger partial charge in [-0.15, -0.1) is 0 Å². The number of ether oxygens (including phenoxy) is 1. The fourth-order valence-corrected chi connectivity index (χ4v) is 2.84. The lowest BCUT2D eigenvalue weighted by atomic mass is 10.1. The summed E-state index contributed by atoms with van der Waals surface area (Å²) in [5.41, 5.74) is 10.0. The summed E-state index contributed by atoms with van der Waals surface area (Å²) >= 11 is 0. The van der Waals surface area contributed by atoms with Crippen LogP contribution in [0.1, 0.15) is 59.8 Å². The maximum atomic E-state index is 12.5. The lowest BCUT2D eigenvalue weighted by Gasteiger charge is -2.11. The number of unbranched alkanes of at least 4 members (excludes halogenated alkanes) is 3. The van der Waals surface area contributed by atoms with Crippen LogP contribution in [0.15, 0.2) is 30.3 Å². The Bertz CT molecular complexity index is 727. The van der Waals surface area contributed by atoms with Gasteiger partial charge in [-0.1, -0.05) is 38.3 Å². The van der Waals surface area contributed by atoms with Gasteiger partial charge in [0.15, 0.2) is 0 Å². The number of hydrogen-bond donors (Lipinski definition) is 2. The zero-order valence-corrected chi connectivity index (χ0v) is 16.0. The number of carbonyl (C=O) groups excluding carboxylic acids is 1. The summed E-state index contributed by atoms with van der Waals surface area (Å²) in [6.07, 6.45) is 6.07. The van der Waals surface area contributed by atoms with Crippen molar-refractivity contribution in [1.82, 2.24) is 4.98 Å². The Morgan fingerprint density at radius 1 is 1.19 bits per heavy atom. The Labute approximate surface area is 156 Å². The molecule has 0 aliphatic rings. The number of rotatable bonds is 9. The number of pyridine rings is 1. The first kappa shape index (κ1) is 19.9. The first-order chi connectivity index (χ1) is 12.5. The van der Waals surface area contributed by atoms with Crippen molar-refractivity contribution in [2.75, 3.05) is 18.2 Å². The van der Waals surface area contributed by atoms with Crippen LogP contribution >= 0.6 is 0 Å². The lowest BCUT2D eigenvalue weighted by Crippen LogP contribution is -2.16. The zero-order valence-electron chi connectivity index (χ0n) is 16.0. The van der Waals surface area contributed by atoms with Gasteiger partial charge in [0.25, 0.3) is 5.91 Å². The standard InChI is InChI=1S/C21H29N3O2/c1-4-5-6-7-8-16-9-11-17(12-10-16)23-21(25)18-13-15(2)19(14-26-3)24-20(18)22/h9-13H,4-8,14H2,1-3H3,(H2,22,24)(H,23,25). The van der Waals surface area contributed by atoms with Gasteiger partial charge in [-0.2, -0.15) is 0 Å².